The van der Waals surface area contributed by atoms with Crippen LogP contribution in [0.2, 0.25) is 0 Å². The molecule has 0 bridgehead atoms. The molecule has 0 unspecified atom stereocenters. The van der Waals surface area contributed by atoms with Crippen LogP contribution in [0.25, 0.3) is 0 Å². The molecular weight excluding hydrogens is 376 g/mol. The van der Waals surface area contributed by atoms with Crippen LogP contribution in [-0.4, -0.2) is 79.5 Å². The molecule has 1 amide bonds. The van der Waals surface area contributed by atoms with Gasteiger partial charge in [-0.05, 0) is 36.8 Å². The van der Waals surface area contributed by atoms with Crippen LogP contribution in [0.1, 0.15) is 44.9 Å². The molecule has 2 aliphatic heterocycles. The number of nitrogens with one attached hydrogen (secondary N) is 1. The molecule has 2 saturated heterocycles. The standard InChI is InChI=1S/C23H36N6O/c1-24-22(29-14-11-23(19-29)9-4-2-5-10-23)26-13-8-21(30)28-17-15-27(16-18-28)20-7-3-6-12-25-20/h3,6-7,12H,2,4-5,8-11,13-19H2,1H3,(H,24,26). The maximum absolute atomic E-state index is 12.7. The zero-order chi connectivity index (χ0) is 20.8. The first-order valence-electron chi connectivity index (χ1n) is 11.6. The van der Waals surface area contributed by atoms with Gasteiger partial charge in [0.1, 0.15) is 5.82 Å². The van der Waals surface area contributed by atoms with E-state index in [1.54, 1.807) is 0 Å². The van der Waals surface area contributed by atoms with Gasteiger partial charge in [0, 0.05) is 65.5 Å². The number of carbonyl (C=O) groups is 1. The number of hydrogen-bond acceptors (Lipinski definition) is 4. The first-order valence-corrected chi connectivity index (χ1v) is 11.6. The fourth-order valence-electron chi connectivity index (χ4n) is 5.32. The topological polar surface area (TPSA) is 64.1 Å². The average Bonchev–Trinajstić information content (AvgIpc) is 3.20. The van der Waals surface area contributed by atoms with Crippen molar-refractivity contribution < 1.29 is 4.79 Å². The lowest BCUT2D eigenvalue weighted by Crippen LogP contribution is -2.49. The number of guanidine groups is 1. The fraction of sp³-hybridized carbons (Fsp3) is 0.696. The summed E-state index contributed by atoms with van der Waals surface area (Å²) in [6.07, 6.45) is 10.5. The highest BCUT2D eigenvalue weighted by Crippen LogP contribution is 2.43. The molecule has 4 rings (SSSR count). The number of hydrogen-bond donors (Lipinski definition) is 1. The van der Waals surface area contributed by atoms with Crippen molar-refractivity contribution in [2.45, 2.75) is 44.9 Å². The summed E-state index contributed by atoms with van der Waals surface area (Å²) in [5, 5.41) is 3.45. The summed E-state index contributed by atoms with van der Waals surface area (Å²) >= 11 is 0. The van der Waals surface area contributed by atoms with Crippen molar-refractivity contribution in [3.05, 3.63) is 24.4 Å². The van der Waals surface area contributed by atoms with Gasteiger partial charge in [-0.3, -0.25) is 9.79 Å². The van der Waals surface area contributed by atoms with Gasteiger partial charge in [0.05, 0.1) is 0 Å². The Morgan fingerprint density at radius 2 is 1.87 bits per heavy atom. The summed E-state index contributed by atoms with van der Waals surface area (Å²) in [4.78, 5) is 28.2. The smallest absolute Gasteiger partial charge is 0.224 e. The summed E-state index contributed by atoms with van der Waals surface area (Å²) in [6.45, 7) is 6.06. The number of pyridine rings is 1. The number of aliphatic imine (C=N–C) groups is 1. The molecule has 1 saturated carbocycles. The van der Waals surface area contributed by atoms with Gasteiger partial charge in [0.2, 0.25) is 5.91 Å². The van der Waals surface area contributed by atoms with Gasteiger partial charge in [-0.15, -0.1) is 0 Å². The maximum atomic E-state index is 12.7. The zero-order valence-electron chi connectivity index (χ0n) is 18.4. The van der Waals surface area contributed by atoms with Crippen LogP contribution >= 0.6 is 0 Å². The summed E-state index contributed by atoms with van der Waals surface area (Å²) in [5.41, 5.74) is 0.513. The molecule has 0 radical (unpaired) electrons. The highest BCUT2D eigenvalue weighted by Gasteiger charge is 2.39. The van der Waals surface area contributed by atoms with E-state index in [-0.39, 0.29) is 5.91 Å². The van der Waals surface area contributed by atoms with E-state index in [1.807, 2.05) is 36.3 Å². The highest BCUT2D eigenvalue weighted by atomic mass is 16.2. The van der Waals surface area contributed by atoms with Gasteiger partial charge in [0.15, 0.2) is 5.96 Å². The molecule has 1 aromatic heterocycles. The van der Waals surface area contributed by atoms with Gasteiger partial charge in [0.25, 0.3) is 0 Å². The number of carbonyl (C=O) groups excluding carboxylic acids is 1. The van der Waals surface area contributed by atoms with Crippen LogP contribution in [0.5, 0.6) is 0 Å². The molecule has 1 aromatic rings. The molecular formula is C23H36N6O. The van der Waals surface area contributed by atoms with Crippen molar-refractivity contribution in [3.8, 4) is 0 Å². The molecule has 3 fully saturated rings. The molecule has 0 aromatic carbocycles. The van der Waals surface area contributed by atoms with Crippen LogP contribution < -0.4 is 10.2 Å². The van der Waals surface area contributed by atoms with Crippen LogP contribution in [0.3, 0.4) is 0 Å². The summed E-state index contributed by atoms with van der Waals surface area (Å²) in [7, 11) is 1.85. The third-order valence-corrected chi connectivity index (χ3v) is 7.09. The van der Waals surface area contributed by atoms with E-state index in [0.717, 1.165) is 51.0 Å². The monoisotopic (exact) mass is 412 g/mol. The van der Waals surface area contributed by atoms with Crippen molar-refractivity contribution in [3.63, 3.8) is 0 Å². The van der Waals surface area contributed by atoms with E-state index in [9.17, 15) is 4.79 Å². The van der Waals surface area contributed by atoms with Crippen molar-refractivity contribution in [2.75, 3.05) is 57.8 Å². The van der Waals surface area contributed by atoms with Crippen molar-refractivity contribution >= 4 is 17.7 Å². The molecule has 7 heteroatoms. The van der Waals surface area contributed by atoms with Gasteiger partial charge >= 0.3 is 0 Å². The minimum absolute atomic E-state index is 0.226. The third kappa shape index (κ3) is 4.87. The van der Waals surface area contributed by atoms with Crippen LogP contribution in [0.15, 0.2) is 29.4 Å². The minimum atomic E-state index is 0.226. The van der Waals surface area contributed by atoms with E-state index >= 15 is 0 Å². The molecule has 1 spiro atoms. The molecule has 164 valence electrons. The highest BCUT2D eigenvalue weighted by molar-refractivity contribution is 5.81. The second-order valence-corrected chi connectivity index (χ2v) is 9.01. The number of rotatable bonds is 4. The zero-order valence-corrected chi connectivity index (χ0v) is 18.4. The number of anilines is 1. The van der Waals surface area contributed by atoms with E-state index < -0.39 is 0 Å². The first-order chi connectivity index (χ1) is 14.7. The predicted molar refractivity (Wildman–Crippen MR) is 121 cm³/mol. The van der Waals surface area contributed by atoms with Crippen molar-refractivity contribution in [2.24, 2.45) is 10.4 Å². The molecule has 3 aliphatic rings. The first kappa shape index (κ1) is 20.9. The number of aromatic nitrogens is 1. The maximum Gasteiger partial charge on any atom is 0.224 e. The molecule has 3 heterocycles. The Bertz CT molecular complexity index is 722. The summed E-state index contributed by atoms with van der Waals surface area (Å²) < 4.78 is 0. The lowest BCUT2D eigenvalue weighted by atomic mass is 9.73. The second kappa shape index (κ2) is 9.67. The quantitative estimate of drug-likeness (QED) is 0.608. The largest absolute Gasteiger partial charge is 0.356 e. The van der Waals surface area contributed by atoms with Crippen molar-refractivity contribution in [1.82, 2.24) is 20.1 Å². The number of piperazine rings is 1. The number of amides is 1. The lowest BCUT2D eigenvalue weighted by molar-refractivity contribution is -0.131. The number of nitrogens with zero attached hydrogens (tertiary/aromatic N) is 5. The van der Waals surface area contributed by atoms with E-state index in [4.69, 9.17) is 0 Å². The van der Waals surface area contributed by atoms with Crippen LogP contribution in [0.4, 0.5) is 5.82 Å². The Kier molecular flexibility index (Phi) is 6.75. The molecule has 7 nitrogen and oxygen atoms in total. The Morgan fingerprint density at radius 1 is 1.07 bits per heavy atom. The molecule has 30 heavy (non-hydrogen) atoms. The summed E-state index contributed by atoms with van der Waals surface area (Å²) in [5.74, 6) is 2.19. The van der Waals surface area contributed by atoms with Crippen LogP contribution in [-0.2, 0) is 4.79 Å². The molecule has 1 aliphatic carbocycles. The lowest BCUT2D eigenvalue weighted by Gasteiger charge is -2.35. The Labute approximate surface area is 180 Å². The Hall–Kier alpha value is -2.31. The normalized spacial score (nSPS) is 21.9. The minimum Gasteiger partial charge on any atom is -0.356 e. The van der Waals surface area contributed by atoms with Gasteiger partial charge < -0.3 is 20.0 Å². The van der Waals surface area contributed by atoms with Gasteiger partial charge in [-0.2, -0.15) is 0 Å². The van der Waals surface area contributed by atoms with E-state index in [2.05, 4.69) is 25.1 Å². The predicted octanol–water partition coefficient (Wildman–Crippen LogP) is 2.35. The molecule has 0 atom stereocenters. The Balaban J connectivity index is 1.19. The molecule has 1 N–H and O–H groups in total. The van der Waals surface area contributed by atoms with Crippen molar-refractivity contribution in [1.29, 1.82) is 0 Å². The second-order valence-electron chi connectivity index (χ2n) is 9.01. The number of likely N-dealkylation sites (tertiary alicyclic amines) is 1. The Morgan fingerprint density at radius 3 is 2.57 bits per heavy atom. The van der Waals surface area contributed by atoms with E-state index in [0.29, 0.717) is 18.4 Å². The van der Waals surface area contributed by atoms with Gasteiger partial charge in [-0.1, -0.05) is 25.3 Å². The SMILES string of the molecule is CN=C(NCCC(=O)N1CCN(c2ccccn2)CC1)N1CCC2(CCCCC2)C1. The average molecular weight is 413 g/mol. The third-order valence-electron chi connectivity index (χ3n) is 7.09. The van der Waals surface area contributed by atoms with E-state index in [1.165, 1.54) is 38.5 Å². The van der Waals surface area contributed by atoms with Crippen LogP contribution in [0, 0.1) is 5.41 Å². The van der Waals surface area contributed by atoms with Gasteiger partial charge in [-0.25, -0.2) is 4.98 Å². The fourth-order valence-corrected chi connectivity index (χ4v) is 5.32. The summed E-state index contributed by atoms with van der Waals surface area (Å²) in [6, 6.07) is 5.97.